The fraction of sp³-hybridized carbons (Fsp3) is 0.429. The fourth-order valence-corrected chi connectivity index (χ4v) is 3.95. The van der Waals surface area contributed by atoms with Gasteiger partial charge in [0.1, 0.15) is 5.82 Å². The van der Waals surface area contributed by atoms with Gasteiger partial charge in [0.25, 0.3) is 0 Å². The highest BCUT2D eigenvalue weighted by molar-refractivity contribution is 9.10. The van der Waals surface area contributed by atoms with Crippen molar-refractivity contribution in [3.63, 3.8) is 0 Å². The first kappa shape index (κ1) is 13.1. The van der Waals surface area contributed by atoms with Crippen LogP contribution in [0.15, 0.2) is 10.5 Å². The van der Waals surface area contributed by atoms with Crippen LogP contribution in [0.5, 0.6) is 0 Å². The summed E-state index contributed by atoms with van der Waals surface area (Å²) in [7, 11) is 1.94. The number of hydrogen-bond acceptors (Lipinski definition) is 4. The standard InChI is InChI=1S/C14H16BrN3S/c1-8-10(15)7-12(19-8)14-17-11-6-4-3-5-9(11)13(16-2)18-14/h7H,3-6H2,1-2H3,(H,16,17,18). The summed E-state index contributed by atoms with van der Waals surface area (Å²) in [6.45, 7) is 2.11. The molecule has 19 heavy (non-hydrogen) atoms. The van der Waals surface area contributed by atoms with Crippen LogP contribution in [0, 0.1) is 6.92 Å². The van der Waals surface area contributed by atoms with Crippen molar-refractivity contribution in [3.05, 3.63) is 26.7 Å². The molecular weight excluding hydrogens is 322 g/mol. The van der Waals surface area contributed by atoms with E-state index in [1.807, 2.05) is 7.05 Å². The van der Waals surface area contributed by atoms with E-state index in [2.05, 4.69) is 34.2 Å². The molecule has 100 valence electrons. The molecule has 1 aliphatic rings. The second-order valence-electron chi connectivity index (χ2n) is 4.79. The van der Waals surface area contributed by atoms with Crippen LogP contribution < -0.4 is 5.32 Å². The lowest BCUT2D eigenvalue weighted by molar-refractivity contribution is 0.665. The molecule has 0 fully saturated rings. The number of nitrogens with one attached hydrogen (secondary N) is 1. The molecule has 2 heterocycles. The number of rotatable bonds is 2. The highest BCUT2D eigenvalue weighted by Crippen LogP contribution is 2.34. The summed E-state index contributed by atoms with van der Waals surface area (Å²) in [5, 5.41) is 3.23. The van der Waals surface area contributed by atoms with Gasteiger partial charge in [-0.15, -0.1) is 11.3 Å². The minimum atomic E-state index is 0.851. The summed E-state index contributed by atoms with van der Waals surface area (Å²) in [6, 6.07) is 2.12. The zero-order chi connectivity index (χ0) is 13.4. The average molecular weight is 338 g/mol. The van der Waals surface area contributed by atoms with Crippen LogP contribution in [0.4, 0.5) is 5.82 Å². The molecule has 2 aromatic rings. The Morgan fingerprint density at radius 1 is 1.26 bits per heavy atom. The normalized spacial score (nSPS) is 14.3. The van der Waals surface area contributed by atoms with Gasteiger partial charge in [0.05, 0.1) is 4.88 Å². The Morgan fingerprint density at radius 2 is 2.05 bits per heavy atom. The summed E-state index contributed by atoms with van der Waals surface area (Å²) in [4.78, 5) is 11.9. The van der Waals surface area contributed by atoms with Crippen molar-refractivity contribution in [1.82, 2.24) is 9.97 Å². The van der Waals surface area contributed by atoms with Crippen molar-refractivity contribution in [2.75, 3.05) is 12.4 Å². The van der Waals surface area contributed by atoms with Gasteiger partial charge in [-0.25, -0.2) is 9.97 Å². The second kappa shape index (κ2) is 5.21. The molecule has 0 aliphatic heterocycles. The topological polar surface area (TPSA) is 37.8 Å². The Hall–Kier alpha value is -0.940. The van der Waals surface area contributed by atoms with Crippen LogP contribution in [0.2, 0.25) is 0 Å². The third-order valence-corrected chi connectivity index (χ3v) is 5.63. The fourth-order valence-electron chi connectivity index (χ4n) is 2.48. The molecule has 0 aromatic carbocycles. The largest absolute Gasteiger partial charge is 0.373 e. The van der Waals surface area contributed by atoms with Crippen LogP contribution in [0.1, 0.15) is 29.0 Å². The lowest BCUT2D eigenvalue weighted by Gasteiger charge is -2.18. The van der Waals surface area contributed by atoms with Crippen molar-refractivity contribution in [3.8, 4) is 10.7 Å². The summed E-state index contributed by atoms with van der Waals surface area (Å²) in [5.74, 6) is 1.85. The molecular formula is C14H16BrN3S. The summed E-state index contributed by atoms with van der Waals surface area (Å²) in [6.07, 6.45) is 4.65. The molecule has 0 radical (unpaired) electrons. The smallest absolute Gasteiger partial charge is 0.171 e. The molecule has 2 aromatic heterocycles. The number of anilines is 1. The van der Waals surface area contributed by atoms with Gasteiger partial charge in [0.15, 0.2) is 5.82 Å². The van der Waals surface area contributed by atoms with E-state index in [0.717, 1.165) is 33.8 Å². The number of hydrogen-bond donors (Lipinski definition) is 1. The van der Waals surface area contributed by atoms with Crippen molar-refractivity contribution in [2.45, 2.75) is 32.6 Å². The predicted molar refractivity (Wildman–Crippen MR) is 84.0 cm³/mol. The lowest BCUT2D eigenvalue weighted by atomic mass is 9.96. The maximum atomic E-state index is 4.79. The number of aryl methyl sites for hydroxylation is 2. The van der Waals surface area contributed by atoms with E-state index in [9.17, 15) is 0 Å². The van der Waals surface area contributed by atoms with Crippen molar-refractivity contribution in [2.24, 2.45) is 0 Å². The van der Waals surface area contributed by atoms with E-state index in [4.69, 9.17) is 9.97 Å². The first-order chi connectivity index (χ1) is 9.19. The molecule has 0 unspecified atom stereocenters. The molecule has 0 saturated carbocycles. The average Bonchev–Trinajstić information content (AvgIpc) is 2.77. The van der Waals surface area contributed by atoms with E-state index in [1.165, 1.54) is 29.0 Å². The van der Waals surface area contributed by atoms with E-state index < -0.39 is 0 Å². The number of aromatic nitrogens is 2. The Bertz CT molecular complexity index is 585. The van der Waals surface area contributed by atoms with Gasteiger partial charge in [0.2, 0.25) is 0 Å². The molecule has 0 amide bonds. The van der Waals surface area contributed by atoms with Crippen LogP contribution in [0.3, 0.4) is 0 Å². The maximum absolute atomic E-state index is 4.79. The van der Waals surface area contributed by atoms with E-state index in [-0.39, 0.29) is 0 Å². The monoisotopic (exact) mass is 337 g/mol. The second-order valence-corrected chi connectivity index (χ2v) is 6.90. The minimum absolute atomic E-state index is 0.851. The van der Waals surface area contributed by atoms with Crippen molar-refractivity contribution < 1.29 is 0 Å². The van der Waals surface area contributed by atoms with Gasteiger partial charge in [-0.3, -0.25) is 0 Å². The quantitative estimate of drug-likeness (QED) is 0.892. The Labute approximate surface area is 125 Å². The molecule has 0 saturated heterocycles. The first-order valence-corrected chi connectivity index (χ1v) is 8.14. The third kappa shape index (κ3) is 2.41. The minimum Gasteiger partial charge on any atom is -0.373 e. The Morgan fingerprint density at radius 3 is 2.74 bits per heavy atom. The van der Waals surface area contributed by atoms with Crippen LogP contribution in [-0.4, -0.2) is 17.0 Å². The number of halogens is 1. The number of nitrogens with zero attached hydrogens (tertiary/aromatic N) is 2. The van der Waals surface area contributed by atoms with E-state index in [0.29, 0.717) is 0 Å². The molecule has 5 heteroatoms. The molecule has 0 atom stereocenters. The molecule has 0 bridgehead atoms. The highest BCUT2D eigenvalue weighted by Gasteiger charge is 2.18. The van der Waals surface area contributed by atoms with Crippen LogP contribution in [0.25, 0.3) is 10.7 Å². The van der Waals surface area contributed by atoms with Gasteiger partial charge in [0, 0.05) is 27.7 Å². The summed E-state index contributed by atoms with van der Waals surface area (Å²) < 4.78 is 1.14. The van der Waals surface area contributed by atoms with E-state index in [1.54, 1.807) is 11.3 Å². The number of thiophene rings is 1. The molecule has 1 aliphatic carbocycles. The lowest BCUT2D eigenvalue weighted by Crippen LogP contribution is -2.11. The van der Waals surface area contributed by atoms with Gasteiger partial charge < -0.3 is 5.32 Å². The number of fused-ring (bicyclic) bond motifs is 1. The maximum Gasteiger partial charge on any atom is 0.171 e. The SMILES string of the molecule is CNc1nc(-c2cc(Br)c(C)s2)nc2c1CCCC2. The van der Waals surface area contributed by atoms with Crippen molar-refractivity contribution >= 4 is 33.1 Å². The Balaban J connectivity index is 2.11. The molecule has 1 N–H and O–H groups in total. The van der Waals surface area contributed by atoms with Gasteiger partial charge >= 0.3 is 0 Å². The van der Waals surface area contributed by atoms with Gasteiger partial charge in [-0.1, -0.05) is 0 Å². The zero-order valence-electron chi connectivity index (χ0n) is 11.1. The van der Waals surface area contributed by atoms with Crippen LogP contribution >= 0.6 is 27.3 Å². The van der Waals surface area contributed by atoms with Crippen LogP contribution in [-0.2, 0) is 12.8 Å². The van der Waals surface area contributed by atoms with Gasteiger partial charge in [-0.05, 0) is 54.6 Å². The van der Waals surface area contributed by atoms with Crippen molar-refractivity contribution in [1.29, 1.82) is 0 Å². The molecule has 3 nitrogen and oxygen atoms in total. The third-order valence-electron chi connectivity index (χ3n) is 3.50. The van der Waals surface area contributed by atoms with E-state index >= 15 is 0 Å². The molecule has 0 spiro atoms. The highest BCUT2D eigenvalue weighted by atomic mass is 79.9. The zero-order valence-corrected chi connectivity index (χ0v) is 13.5. The summed E-state index contributed by atoms with van der Waals surface area (Å²) >= 11 is 5.30. The Kier molecular flexibility index (Phi) is 3.58. The molecule has 3 rings (SSSR count). The summed E-state index contributed by atoms with van der Waals surface area (Å²) in [5.41, 5.74) is 2.53. The first-order valence-electron chi connectivity index (χ1n) is 6.53. The predicted octanol–water partition coefficient (Wildman–Crippen LogP) is 4.20. The van der Waals surface area contributed by atoms with Gasteiger partial charge in [-0.2, -0.15) is 0 Å².